The molecule has 0 saturated heterocycles. The summed E-state index contributed by atoms with van der Waals surface area (Å²) in [6.07, 6.45) is 4.58. The quantitative estimate of drug-likeness (QED) is 0.831. The van der Waals surface area contributed by atoms with Crippen molar-refractivity contribution >= 4 is 11.6 Å². The number of carbonyl (C=O) groups is 1. The molecule has 2 unspecified atom stereocenters. The number of benzene rings is 1. The average Bonchev–Trinajstić information content (AvgIpc) is 2.38. The molecule has 1 aliphatic carbocycles. The lowest BCUT2D eigenvalue weighted by molar-refractivity contribution is 0.0921. The zero-order valence-electron chi connectivity index (χ0n) is 12.3. The Labute approximate surface area is 120 Å². The molecular weight excluding hydrogens is 252 g/mol. The number of nitrogens with two attached hydrogens (primary N) is 1. The molecule has 1 aromatic carbocycles. The number of ether oxygens (including phenoxy) is 1. The summed E-state index contributed by atoms with van der Waals surface area (Å²) in [5, 5.41) is 3.11. The summed E-state index contributed by atoms with van der Waals surface area (Å²) in [7, 11) is 0. The van der Waals surface area contributed by atoms with Gasteiger partial charge in [0.2, 0.25) is 0 Å². The molecule has 1 fully saturated rings. The molecule has 4 nitrogen and oxygen atoms in total. The molecule has 4 heteroatoms. The Balaban J connectivity index is 2.04. The van der Waals surface area contributed by atoms with Gasteiger partial charge >= 0.3 is 0 Å². The Morgan fingerprint density at radius 2 is 2.20 bits per heavy atom. The highest BCUT2D eigenvalue weighted by atomic mass is 16.5. The molecule has 20 heavy (non-hydrogen) atoms. The van der Waals surface area contributed by atoms with Gasteiger partial charge < -0.3 is 15.8 Å². The molecule has 1 amide bonds. The second-order valence-electron chi connectivity index (χ2n) is 5.67. The standard InChI is InChI=1S/C16H24N2O2/c1-3-20-15-9-12(8-13(17)10-15)16(19)18-14-6-4-5-11(2)7-14/h8-11,14H,3-7,17H2,1-2H3,(H,18,19). The lowest BCUT2D eigenvalue weighted by atomic mass is 9.87. The number of hydrogen-bond acceptors (Lipinski definition) is 3. The number of nitrogens with one attached hydrogen (secondary N) is 1. The molecule has 0 spiro atoms. The minimum Gasteiger partial charge on any atom is -0.494 e. The van der Waals surface area contributed by atoms with E-state index in [1.807, 2.05) is 6.92 Å². The lowest BCUT2D eigenvalue weighted by Crippen LogP contribution is -2.38. The van der Waals surface area contributed by atoms with Gasteiger partial charge in [0.1, 0.15) is 5.75 Å². The molecule has 1 aliphatic rings. The van der Waals surface area contributed by atoms with Crippen LogP contribution in [-0.2, 0) is 0 Å². The molecule has 2 atom stereocenters. The molecule has 1 aromatic rings. The second kappa shape index (κ2) is 6.64. The summed E-state index contributed by atoms with van der Waals surface area (Å²) >= 11 is 0. The maximum atomic E-state index is 12.3. The number of anilines is 1. The summed E-state index contributed by atoms with van der Waals surface area (Å²) in [6.45, 7) is 4.71. The molecular formula is C16H24N2O2. The zero-order chi connectivity index (χ0) is 14.5. The minimum atomic E-state index is -0.0580. The number of hydrogen-bond donors (Lipinski definition) is 2. The van der Waals surface area contributed by atoms with Crippen molar-refractivity contribution in [3.63, 3.8) is 0 Å². The Bertz CT molecular complexity index is 474. The Morgan fingerprint density at radius 3 is 2.90 bits per heavy atom. The van der Waals surface area contributed by atoms with Crippen molar-refractivity contribution in [1.82, 2.24) is 5.32 Å². The first-order valence-corrected chi connectivity index (χ1v) is 7.42. The lowest BCUT2D eigenvalue weighted by Gasteiger charge is -2.27. The molecule has 0 heterocycles. The van der Waals surface area contributed by atoms with Crippen LogP contribution in [-0.4, -0.2) is 18.6 Å². The van der Waals surface area contributed by atoms with Crippen LogP contribution < -0.4 is 15.8 Å². The van der Waals surface area contributed by atoms with Crippen LogP contribution in [0.1, 0.15) is 49.9 Å². The molecule has 3 N–H and O–H groups in total. The van der Waals surface area contributed by atoms with Gasteiger partial charge in [-0.25, -0.2) is 0 Å². The first kappa shape index (κ1) is 14.7. The van der Waals surface area contributed by atoms with Crippen molar-refractivity contribution in [3.05, 3.63) is 23.8 Å². The fourth-order valence-corrected chi connectivity index (χ4v) is 2.84. The van der Waals surface area contributed by atoms with Gasteiger partial charge in [-0.15, -0.1) is 0 Å². The molecule has 110 valence electrons. The van der Waals surface area contributed by atoms with Crippen LogP contribution in [0.2, 0.25) is 0 Å². The topological polar surface area (TPSA) is 64.3 Å². The van der Waals surface area contributed by atoms with E-state index in [1.165, 1.54) is 12.8 Å². The van der Waals surface area contributed by atoms with Gasteiger partial charge in [-0.05, 0) is 37.8 Å². The fourth-order valence-electron chi connectivity index (χ4n) is 2.84. The van der Waals surface area contributed by atoms with Crippen LogP contribution in [0.3, 0.4) is 0 Å². The van der Waals surface area contributed by atoms with Gasteiger partial charge in [0.15, 0.2) is 0 Å². The monoisotopic (exact) mass is 276 g/mol. The van der Waals surface area contributed by atoms with Gasteiger partial charge in [-0.1, -0.05) is 19.8 Å². The van der Waals surface area contributed by atoms with E-state index in [1.54, 1.807) is 18.2 Å². The van der Waals surface area contributed by atoms with Crippen LogP contribution in [0, 0.1) is 5.92 Å². The van der Waals surface area contributed by atoms with Crippen molar-refractivity contribution in [2.45, 2.75) is 45.6 Å². The molecule has 0 aliphatic heterocycles. The largest absolute Gasteiger partial charge is 0.494 e. The number of nitrogen functional groups attached to an aromatic ring is 1. The molecule has 0 radical (unpaired) electrons. The Kier molecular flexibility index (Phi) is 4.88. The van der Waals surface area contributed by atoms with Crippen LogP contribution in [0.25, 0.3) is 0 Å². The fraction of sp³-hybridized carbons (Fsp3) is 0.562. The summed E-state index contributed by atoms with van der Waals surface area (Å²) in [5.74, 6) is 1.28. The minimum absolute atomic E-state index is 0.0580. The maximum absolute atomic E-state index is 12.3. The maximum Gasteiger partial charge on any atom is 0.251 e. The van der Waals surface area contributed by atoms with E-state index < -0.39 is 0 Å². The number of rotatable bonds is 4. The third-order valence-electron chi connectivity index (χ3n) is 3.77. The smallest absolute Gasteiger partial charge is 0.251 e. The van der Waals surface area contributed by atoms with E-state index >= 15 is 0 Å². The van der Waals surface area contributed by atoms with Gasteiger partial charge in [0.05, 0.1) is 6.61 Å². The van der Waals surface area contributed by atoms with Crippen molar-refractivity contribution in [3.8, 4) is 5.75 Å². The summed E-state index contributed by atoms with van der Waals surface area (Å²) in [6, 6.07) is 5.47. The van der Waals surface area contributed by atoms with E-state index in [-0.39, 0.29) is 11.9 Å². The van der Waals surface area contributed by atoms with Gasteiger partial charge in [0, 0.05) is 23.4 Å². The van der Waals surface area contributed by atoms with Gasteiger partial charge in [-0.2, -0.15) is 0 Å². The zero-order valence-corrected chi connectivity index (χ0v) is 12.3. The molecule has 2 rings (SSSR count). The van der Waals surface area contributed by atoms with E-state index in [0.717, 1.165) is 12.8 Å². The van der Waals surface area contributed by atoms with Crippen molar-refractivity contribution in [1.29, 1.82) is 0 Å². The van der Waals surface area contributed by atoms with E-state index in [0.29, 0.717) is 29.5 Å². The normalized spacial score (nSPS) is 22.3. The first-order valence-electron chi connectivity index (χ1n) is 7.42. The predicted molar refractivity (Wildman–Crippen MR) is 80.9 cm³/mol. The SMILES string of the molecule is CCOc1cc(N)cc(C(=O)NC2CCCC(C)C2)c1. The highest BCUT2D eigenvalue weighted by Gasteiger charge is 2.21. The molecule has 0 bridgehead atoms. The highest BCUT2D eigenvalue weighted by Crippen LogP contribution is 2.24. The van der Waals surface area contributed by atoms with Crippen LogP contribution in [0.15, 0.2) is 18.2 Å². The summed E-state index contributed by atoms with van der Waals surface area (Å²) in [5.41, 5.74) is 6.95. The highest BCUT2D eigenvalue weighted by molar-refractivity contribution is 5.95. The van der Waals surface area contributed by atoms with Crippen LogP contribution >= 0.6 is 0 Å². The Hall–Kier alpha value is -1.71. The summed E-state index contributed by atoms with van der Waals surface area (Å²) < 4.78 is 5.42. The average molecular weight is 276 g/mol. The number of amides is 1. The van der Waals surface area contributed by atoms with E-state index in [4.69, 9.17) is 10.5 Å². The first-order chi connectivity index (χ1) is 9.58. The van der Waals surface area contributed by atoms with Gasteiger partial charge in [-0.3, -0.25) is 4.79 Å². The van der Waals surface area contributed by atoms with Crippen molar-refractivity contribution in [2.24, 2.45) is 5.92 Å². The van der Waals surface area contributed by atoms with Crippen molar-refractivity contribution < 1.29 is 9.53 Å². The third kappa shape index (κ3) is 3.89. The van der Waals surface area contributed by atoms with Crippen LogP contribution in [0.4, 0.5) is 5.69 Å². The van der Waals surface area contributed by atoms with Crippen LogP contribution in [0.5, 0.6) is 5.75 Å². The van der Waals surface area contributed by atoms with Crippen molar-refractivity contribution in [2.75, 3.05) is 12.3 Å². The third-order valence-corrected chi connectivity index (χ3v) is 3.77. The number of carbonyl (C=O) groups excluding carboxylic acids is 1. The van der Waals surface area contributed by atoms with E-state index in [9.17, 15) is 4.79 Å². The molecule has 1 saturated carbocycles. The van der Waals surface area contributed by atoms with Gasteiger partial charge in [0.25, 0.3) is 5.91 Å². The summed E-state index contributed by atoms with van der Waals surface area (Å²) in [4.78, 5) is 12.3. The molecule has 0 aromatic heterocycles. The second-order valence-corrected chi connectivity index (χ2v) is 5.67. The Morgan fingerprint density at radius 1 is 1.40 bits per heavy atom. The van der Waals surface area contributed by atoms with E-state index in [2.05, 4.69) is 12.2 Å². The predicted octanol–water partition coefficient (Wildman–Crippen LogP) is 2.98.